The molecule has 1 aromatic heterocycles. The molecule has 1 atom stereocenters. The van der Waals surface area contributed by atoms with Crippen molar-refractivity contribution in [1.29, 1.82) is 0 Å². The van der Waals surface area contributed by atoms with E-state index in [4.69, 9.17) is 0 Å². The molecular weight excluding hydrogens is 274 g/mol. The van der Waals surface area contributed by atoms with E-state index in [9.17, 15) is 0 Å². The van der Waals surface area contributed by atoms with Gasteiger partial charge in [-0.3, -0.25) is 4.90 Å². The van der Waals surface area contributed by atoms with E-state index in [1.165, 1.54) is 24.2 Å². The summed E-state index contributed by atoms with van der Waals surface area (Å²) < 4.78 is 2.36. The Morgan fingerprint density at radius 3 is 2.86 bits per heavy atom. The first-order chi connectivity index (χ1) is 10.9. The summed E-state index contributed by atoms with van der Waals surface area (Å²) in [4.78, 5) is 2.46. The van der Waals surface area contributed by atoms with Crippen LogP contribution in [0.15, 0.2) is 30.3 Å². The fraction of sp³-hybridized carbons (Fsp3) is 0.529. The molecule has 0 spiro atoms. The minimum Gasteiger partial charge on any atom is -0.316 e. The molecule has 3 heterocycles. The second-order valence-electron chi connectivity index (χ2n) is 6.37. The lowest BCUT2D eigenvalue weighted by atomic mass is 9.99. The third-order valence-corrected chi connectivity index (χ3v) is 4.77. The maximum Gasteiger partial charge on any atom is 0.147 e. The Morgan fingerprint density at radius 2 is 2.05 bits per heavy atom. The Hall–Kier alpha value is -1.72. The molecule has 2 aliphatic heterocycles. The molecule has 1 N–H and O–H groups in total. The summed E-state index contributed by atoms with van der Waals surface area (Å²) >= 11 is 0. The van der Waals surface area contributed by atoms with Crippen LogP contribution in [0.25, 0.3) is 0 Å². The highest BCUT2D eigenvalue weighted by Crippen LogP contribution is 2.24. The molecule has 5 heteroatoms. The summed E-state index contributed by atoms with van der Waals surface area (Å²) in [6.45, 7) is 6.18. The summed E-state index contributed by atoms with van der Waals surface area (Å²) in [5.74, 6) is 2.86. The zero-order chi connectivity index (χ0) is 14.8. The van der Waals surface area contributed by atoms with Crippen molar-refractivity contribution in [1.82, 2.24) is 25.0 Å². The number of hydrogen-bond acceptors (Lipinski definition) is 4. The highest BCUT2D eigenvalue weighted by atomic mass is 15.3. The van der Waals surface area contributed by atoms with E-state index >= 15 is 0 Å². The lowest BCUT2D eigenvalue weighted by molar-refractivity contribution is 0.205. The zero-order valence-corrected chi connectivity index (χ0v) is 12.9. The number of rotatable bonds is 3. The van der Waals surface area contributed by atoms with Crippen molar-refractivity contribution in [3.05, 3.63) is 47.5 Å². The Bertz CT molecular complexity index is 615. The van der Waals surface area contributed by atoms with E-state index in [2.05, 4.69) is 55.3 Å². The molecule has 1 unspecified atom stereocenters. The predicted octanol–water partition coefficient (Wildman–Crippen LogP) is 1.76. The standard InChI is InChI=1S/C17H23N5/c1-2-5-14(6-3-1)12-21-9-10-22-16(13-21)19-20-17(22)15-7-4-8-18-11-15/h1-3,5-6,15,18H,4,7-13H2. The monoisotopic (exact) mass is 297 g/mol. The van der Waals surface area contributed by atoms with Crippen LogP contribution in [0, 0.1) is 0 Å². The van der Waals surface area contributed by atoms with Crippen molar-refractivity contribution in [2.75, 3.05) is 19.6 Å². The normalized spacial score (nSPS) is 22.5. The van der Waals surface area contributed by atoms with Crippen molar-refractivity contribution < 1.29 is 0 Å². The van der Waals surface area contributed by atoms with Gasteiger partial charge in [0.2, 0.25) is 0 Å². The highest BCUT2D eigenvalue weighted by molar-refractivity contribution is 5.15. The van der Waals surface area contributed by atoms with Crippen molar-refractivity contribution in [2.45, 2.75) is 38.4 Å². The van der Waals surface area contributed by atoms with Gasteiger partial charge in [-0.2, -0.15) is 0 Å². The molecule has 2 aliphatic rings. The second kappa shape index (κ2) is 6.18. The quantitative estimate of drug-likeness (QED) is 0.938. The van der Waals surface area contributed by atoms with Crippen molar-refractivity contribution in [2.24, 2.45) is 0 Å². The van der Waals surface area contributed by atoms with Gasteiger partial charge in [0.25, 0.3) is 0 Å². The molecular formula is C17H23N5. The van der Waals surface area contributed by atoms with Crippen molar-refractivity contribution in [3.63, 3.8) is 0 Å². The van der Waals surface area contributed by atoms with Gasteiger partial charge in [-0.05, 0) is 24.9 Å². The molecule has 0 radical (unpaired) electrons. The van der Waals surface area contributed by atoms with E-state index in [-0.39, 0.29) is 0 Å². The first kappa shape index (κ1) is 13.9. The van der Waals surface area contributed by atoms with Crippen LogP contribution < -0.4 is 5.32 Å². The smallest absolute Gasteiger partial charge is 0.147 e. The van der Waals surface area contributed by atoms with Gasteiger partial charge in [-0.15, -0.1) is 10.2 Å². The van der Waals surface area contributed by atoms with Crippen molar-refractivity contribution >= 4 is 0 Å². The lowest BCUT2D eigenvalue weighted by Gasteiger charge is -2.29. The van der Waals surface area contributed by atoms with Crippen LogP contribution in [-0.4, -0.2) is 39.3 Å². The van der Waals surface area contributed by atoms with Gasteiger partial charge in [-0.1, -0.05) is 30.3 Å². The van der Waals surface area contributed by atoms with E-state index < -0.39 is 0 Å². The Morgan fingerprint density at radius 1 is 1.14 bits per heavy atom. The topological polar surface area (TPSA) is 46.0 Å². The number of nitrogens with one attached hydrogen (secondary N) is 1. The maximum atomic E-state index is 4.51. The van der Waals surface area contributed by atoms with Crippen LogP contribution in [-0.2, 0) is 19.6 Å². The number of nitrogens with zero attached hydrogens (tertiary/aromatic N) is 4. The summed E-state index contributed by atoms with van der Waals surface area (Å²) in [7, 11) is 0. The number of benzene rings is 1. The first-order valence-electron chi connectivity index (χ1n) is 8.29. The summed E-state index contributed by atoms with van der Waals surface area (Å²) in [5.41, 5.74) is 1.37. The molecule has 5 nitrogen and oxygen atoms in total. The van der Waals surface area contributed by atoms with Crippen LogP contribution in [0.2, 0.25) is 0 Å². The molecule has 0 bridgehead atoms. The second-order valence-corrected chi connectivity index (χ2v) is 6.37. The Kier molecular flexibility index (Phi) is 3.91. The molecule has 2 aromatic rings. The molecule has 0 saturated carbocycles. The van der Waals surface area contributed by atoms with Gasteiger partial charge in [0.05, 0.1) is 6.54 Å². The van der Waals surface area contributed by atoms with Gasteiger partial charge in [0, 0.05) is 32.1 Å². The average molecular weight is 297 g/mol. The maximum absolute atomic E-state index is 4.51. The summed E-state index contributed by atoms with van der Waals surface area (Å²) in [6.07, 6.45) is 2.48. The minimum atomic E-state index is 0.538. The van der Waals surface area contributed by atoms with Crippen LogP contribution >= 0.6 is 0 Å². The van der Waals surface area contributed by atoms with Crippen LogP contribution in [0.1, 0.15) is 36.0 Å². The predicted molar refractivity (Wildman–Crippen MR) is 85.4 cm³/mol. The van der Waals surface area contributed by atoms with Gasteiger partial charge < -0.3 is 9.88 Å². The number of aromatic nitrogens is 3. The highest BCUT2D eigenvalue weighted by Gasteiger charge is 2.26. The van der Waals surface area contributed by atoms with Gasteiger partial charge in [0.1, 0.15) is 11.6 Å². The van der Waals surface area contributed by atoms with Gasteiger partial charge in [0.15, 0.2) is 0 Å². The van der Waals surface area contributed by atoms with E-state index in [1.54, 1.807) is 0 Å². The average Bonchev–Trinajstić information content (AvgIpc) is 3.00. The number of hydrogen-bond donors (Lipinski definition) is 1. The summed E-state index contributed by atoms with van der Waals surface area (Å²) in [6, 6.07) is 10.7. The number of fused-ring (bicyclic) bond motifs is 1. The van der Waals surface area contributed by atoms with Gasteiger partial charge >= 0.3 is 0 Å². The molecule has 0 amide bonds. The van der Waals surface area contributed by atoms with E-state index in [1.807, 2.05) is 0 Å². The molecule has 116 valence electrons. The SMILES string of the molecule is c1ccc(CN2CCn3c(nnc3C3CCCNC3)C2)cc1. The van der Waals surface area contributed by atoms with Crippen LogP contribution in [0.5, 0.6) is 0 Å². The van der Waals surface area contributed by atoms with Crippen LogP contribution in [0.3, 0.4) is 0 Å². The van der Waals surface area contributed by atoms with Gasteiger partial charge in [-0.25, -0.2) is 0 Å². The van der Waals surface area contributed by atoms with Crippen molar-refractivity contribution in [3.8, 4) is 0 Å². The summed E-state index contributed by atoms with van der Waals surface area (Å²) in [5, 5.41) is 12.5. The molecule has 1 fully saturated rings. The molecule has 0 aliphatic carbocycles. The van der Waals surface area contributed by atoms with E-state index in [0.717, 1.165) is 45.1 Å². The fourth-order valence-corrected chi connectivity index (χ4v) is 3.58. The lowest BCUT2D eigenvalue weighted by Crippen LogP contribution is -2.35. The largest absolute Gasteiger partial charge is 0.316 e. The molecule has 1 saturated heterocycles. The number of piperidine rings is 1. The minimum absolute atomic E-state index is 0.538. The Balaban J connectivity index is 1.47. The zero-order valence-electron chi connectivity index (χ0n) is 12.9. The fourth-order valence-electron chi connectivity index (χ4n) is 3.58. The molecule has 22 heavy (non-hydrogen) atoms. The van der Waals surface area contributed by atoms with E-state index in [0.29, 0.717) is 5.92 Å². The third kappa shape index (κ3) is 2.78. The van der Waals surface area contributed by atoms with Crippen LogP contribution in [0.4, 0.5) is 0 Å². The first-order valence-corrected chi connectivity index (χ1v) is 8.29. The Labute approximate surface area is 131 Å². The third-order valence-electron chi connectivity index (χ3n) is 4.77. The molecule has 4 rings (SSSR count). The molecule has 1 aromatic carbocycles.